The maximum Gasteiger partial charge on any atom is 0.255 e. The highest BCUT2D eigenvalue weighted by atomic mass is 16.5. The van der Waals surface area contributed by atoms with Crippen molar-refractivity contribution < 1.29 is 9.53 Å². The average molecular weight is 349 g/mol. The first-order chi connectivity index (χ1) is 12.7. The highest BCUT2D eigenvalue weighted by Gasteiger charge is 2.17. The van der Waals surface area contributed by atoms with Crippen molar-refractivity contribution >= 4 is 5.91 Å². The van der Waals surface area contributed by atoms with Gasteiger partial charge in [0.2, 0.25) is 0 Å². The normalized spacial score (nSPS) is 11.8. The molecule has 1 amide bonds. The van der Waals surface area contributed by atoms with Gasteiger partial charge in [-0.2, -0.15) is 5.10 Å². The number of benzene rings is 2. The first-order valence-electron chi connectivity index (χ1n) is 8.73. The Morgan fingerprint density at radius 3 is 2.54 bits per heavy atom. The lowest BCUT2D eigenvalue weighted by molar-refractivity contribution is 0.0951. The second kappa shape index (κ2) is 8.34. The number of hydrogen-bond donors (Lipinski definition) is 2. The molecule has 0 aliphatic heterocycles. The fourth-order valence-electron chi connectivity index (χ4n) is 2.97. The number of carbonyl (C=O) groups is 1. The summed E-state index contributed by atoms with van der Waals surface area (Å²) in [6.07, 6.45) is 2.53. The van der Waals surface area contributed by atoms with Crippen LogP contribution in [0.1, 0.15) is 35.2 Å². The van der Waals surface area contributed by atoms with E-state index in [0.29, 0.717) is 17.8 Å². The highest BCUT2D eigenvalue weighted by Crippen LogP contribution is 2.24. The maximum absolute atomic E-state index is 12.7. The number of amides is 1. The van der Waals surface area contributed by atoms with Gasteiger partial charge in [-0.05, 0) is 36.2 Å². The van der Waals surface area contributed by atoms with Crippen LogP contribution in [0.4, 0.5) is 0 Å². The number of ether oxygens (including phenoxy) is 1. The summed E-state index contributed by atoms with van der Waals surface area (Å²) >= 11 is 0. The van der Waals surface area contributed by atoms with Crippen molar-refractivity contribution in [3.05, 3.63) is 71.9 Å². The summed E-state index contributed by atoms with van der Waals surface area (Å²) in [5, 5.41) is 10.0. The first kappa shape index (κ1) is 17.7. The second-order valence-corrected chi connectivity index (χ2v) is 6.11. The van der Waals surface area contributed by atoms with Crippen LogP contribution < -0.4 is 10.1 Å². The molecule has 0 saturated heterocycles. The Labute approximate surface area is 153 Å². The third-order valence-corrected chi connectivity index (χ3v) is 4.54. The summed E-state index contributed by atoms with van der Waals surface area (Å²) in [4.78, 5) is 12.7. The highest BCUT2D eigenvalue weighted by molar-refractivity contribution is 5.99. The number of rotatable bonds is 7. The van der Waals surface area contributed by atoms with E-state index in [-0.39, 0.29) is 11.8 Å². The predicted octanol–water partition coefficient (Wildman–Crippen LogP) is 4.01. The van der Waals surface area contributed by atoms with Crippen LogP contribution in [0.3, 0.4) is 0 Å². The van der Waals surface area contributed by atoms with Gasteiger partial charge in [-0.1, -0.05) is 37.3 Å². The molecule has 5 nitrogen and oxygen atoms in total. The summed E-state index contributed by atoms with van der Waals surface area (Å²) in [5.74, 6) is 0.934. The van der Waals surface area contributed by atoms with Crippen molar-refractivity contribution in [1.82, 2.24) is 15.5 Å². The van der Waals surface area contributed by atoms with E-state index in [2.05, 4.69) is 34.6 Å². The van der Waals surface area contributed by atoms with E-state index >= 15 is 0 Å². The molecule has 3 aromatic rings. The lowest BCUT2D eigenvalue weighted by atomic mass is 9.96. The van der Waals surface area contributed by atoms with E-state index in [1.165, 1.54) is 5.56 Å². The first-order valence-corrected chi connectivity index (χ1v) is 8.73. The molecule has 26 heavy (non-hydrogen) atoms. The van der Waals surface area contributed by atoms with Crippen molar-refractivity contribution in [3.63, 3.8) is 0 Å². The van der Waals surface area contributed by atoms with Crippen LogP contribution in [0, 0.1) is 0 Å². The Bertz CT molecular complexity index is 841. The monoisotopic (exact) mass is 349 g/mol. The number of aromatic amines is 1. The van der Waals surface area contributed by atoms with Crippen molar-refractivity contribution in [2.24, 2.45) is 0 Å². The maximum atomic E-state index is 12.7. The third-order valence-electron chi connectivity index (χ3n) is 4.54. The Kier molecular flexibility index (Phi) is 5.69. The molecule has 1 aromatic heterocycles. The smallest absolute Gasteiger partial charge is 0.255 e. The summed E-state index contributed by atoms with van der Waals surface area (Å²) in [5.41, 5.74) is 3.37. The molecule has 134 valence electrons. The Hall–Kier alpha value is -3.08. The van der Waals surface area contributed by atoms with E-state index in [9.17, 15) is 4.79 Å². The fourth-order valence-corrected chi connectivity index (χ4v) is 2.97. The number of methoxy groups -OCH3 is 1. The van der Waals surface area contributed by atoms with Crippen molar-refractivity contribution in [2.45, 2.75) is 19.3 Å². The zero-order valence-corrected chi connectivity index (χ0v) is 15.0. The zero-order valence-electron chi connectivity index (χ0n) is 15.0. The van der Waals surface area contributed by atoms with E-state index in [1.54, 1.807) is 13.3 Å². The molecular weight excluding hydrogens is 326 g/mol. The molecule has 2 N–H and O–H groups in total. The fraction of sp³-hybridized carbons (Fsp3) is 0.238. The van der Waals surface area contributed by atoms with E-state index in [4.69, 9.17) is 4.74 Å². The molecule has 3 rings (SSSR count). The minimum absolute atomic E-state index is 0.126. The number of hydrogen-bond acceptors (Lipinski definition) is 3. The SMILES string of the molecule is CCC(CNC(=O)c1cn[nH]c1-c1ccc(OC)cc1)c1ccccc1. The molecule has 0 spiro atoms. The van der Waals surface area contributed by atoms with Gasteiger partial charge < -0.3 is 10.1 Å². The number of nitrogens with zero attached hydrogens (tertiary/aromatic N) is 1. The summed E-state index contributed by atoms with van der Waals surface area (Å²) in [6, 6.07) is 17.8. The molecule has 0 saturated carbocycles. The van der Waals surface area contributed by atoms with Crippen LogP contribution in [0.15, 0.2) is 60.8 Å². The van der Waals surface area contributed by atoms with Gasteiger partial charge in [-0.15, -0.1) is 0 Å². The topological polar surface area (TPSA) is 67.0 Å². The quantitative estimate of drug-likeness (QED) is 0.677. The Morgan fingerprint density at radius 1 is 1.15 bits per heavy atom. The predicted molar refractivity (Wildman–Crippen MR) is 102 cm³/mol. The molecule has 2 aromatic carbocycles. The van der Waals surface area contributed by atoms with Crippen molar-refractivity contribution in [1.29, 1.82) is 0 Å². The molecule has 0 aliphatic rings. The average Bonchev–Trinajstić information content (AvgIpc) is 3.19. The van der Waals surface area contributed by atoms with Gasteiger partial charge >= 0.3 is 0 Å². The summed E-state index contributed by atoms with van der Waals surface area (Å²) < 4.78 is 5.18. The number of carbonyl (C=O) groups excluding carboxylic acids is 1. The lowest BCUT2D eigenvalue weighted by Crippen LogP contribution is -2.28. The lowest BCUT2D eigenvalue weighted by Gasteiger charge is -2.16. The standard InChI is InChI=1S/C21H23N3O2/c1-3-15(16-7-5-4-6-8-16)13-22-21(25)19-14-23-24-20(19)17-9-11-18(26-2)12-10-17/h4-12,14-15H,3,13H2,1-2H3,(H,22,25)(H,23,24). The van der Waals surface area contributed by atoms with Crippen LogP contribution in [0.25, 0.3) is 11.3 Å². The number of nitrogens with one attached hydrogen (secondary N) is 2. The van der Waals surface area contributed by atoms with Gasteiger partial charge in [0, 0.05) is 18.0 Å². The number of aromatic nitrogens is 2. The molecule has 0 aliphatic carbocycles. The molecule has 0 bridgehead atoms. The Morgan fingerprint density at radius 2 is 1.88 bits per heavy atom. The summed E-state index contributed by atoms with van der Waals surface area (Å²) in [6.45, 7) is 2.72. The molecule has 0 radical (unpaired) electrons. The van der Waals surface area contributed by atoms with Gasteiger partial charge in [0.15, 0.2) is 0 Å². The second-order valence-electron chi connectivity index (χ2n) is 6.11. The van der Waals surface area contributed by atoms with Crippen molar-refractivity contribution in [2.75, 3.05) is 13.7 Å². The minimum Gasteiger partial charge on any atom is -0.497 e. The molecule has 1 atom stereocenters. The van der Waals surface area contributed by atoms with Crippen LogP contribution in [-0.2, 0) is 0 Å². The van der Waals surface area contributed by atoms with E-state index in [0.717, 1.165) is 17.7 Å². The van der Waals surface area contributed by atoms with Gasteiger partial charge in [-0.25, -0.2) is 0 Å². The van der Waals surface area contributed by atoms with E-state index in [1.807, 2.05) is 42.5 Å². The largest absolute Gasteiger partial charge is 0.497 e. The van der Waals surface area contributed by atoms with Crippen LogP contribution >= 0.6 is 0 Å². The minimum atomic E-state index is -0.126. The zero-order chi connectivity index (χ0) is 18.4. The molecule has 1 heterocycles. The Balaban J connectivity index is 1.71. The van der Waals surface area contributed by atoms with Crippen LogP contribution in [0.5, 0.6) is 5.75 Å². The molecule has 1 unspecified atom stereocenters. The van der Waals surface area contributed by atoms with Crippen molar-refractivity contribution in [3.8, 4) is 17.0 Å². The van der Waals surface area contributed by atoms with E-state index < -0.39 is 0 Å². The van der Waals surface area contributed by atoms with Gasteiger partial charge in [0.25, 0.3) is 5.91 Å². The number of H-pyrrole nitrogens is 1. The van der Waals surface area contributed by atoms with Gasteiger partial charge in [-0.3, -0.25) is 9.89 Å². The van der Waals surface area contributed by atoms with Crippen LogP contribution in [0.2, 0.25) is 0 Å². The molecule has 0 fully saturated rings. The third kappa shape index (κ3) is 3.94. The van der Waals surface area contributed by atoms with Crippen LogP contribution in [-0.4, -0.2) is 29.8 Å². The van der Waals surface area contributed by atoms with Gasteiger partial charge in [0.1, 0.15) is 5.75 Å². The van der Waals surface area contributed by atoms with Gasteiger partial charge in [0.05, 0.1) is 24.6 Å². The molecule has 5 heteroatoms. The summed E-state index contributed by atoms with van der Waals surface area (Å²) in [7, 11) is 1.63. The molecular formula is C21H23N3O2.